The summed E-state index contributed by atoms with van der Waals surface area (Å²) in [4.78, 5) is 23.9. The summed E-state index contributed by atoms with van der Waals surface area (Å²) in [6, 6.07) is 9.62. The Morgan fingerprint density at radius 3 is 2.57 bits per heavy atom. The molecule has 116 valence electrons. The number of unbranched alkanes of at least 4 members (excludes halogenated alkanes) is 1. The van der Waals surface area contributed by atoms with Crippen LogP contribution in [0.15, 0.2) is 30.3 Å². The van der Waals surface area contributed by atoms with Crippen molar-refractivity contribution in [3.05, 3.63) is 35.9 Å². The highest BCUT2D eigenvalue weighted by atomic mass is 16.6. The van der Waals surface area contributed by atoms with Crippen LogP contribution in [0.2, 0.25) is 0 Å². The number of benzene rings is 1. The van der Waals surface area contributed by atoms with Crippen molar-refractivity contribution < 1.29 is 14.3 Å². The maximum Gasteiger partial charge on any atom is 0.409 e. The molecule has 0 saturated heterocycles. The van der Waals surface area contributed by atoms with Crippen molar-refractivity contribution in [2.45, 2.75) is 39.7 Å². The van der Waals surface area contributed by atoms with Gasteiger partial charge < -0.3 is 14.4 Å². The Bertz CT molecular complexity index is 443. The number of ether oxygens (including phenoxy) is 1. The van der Waals surface area contributed by atoms with Gasteiger partial charge in [0.2, 0.25) is 0 Å². The summed E-state index contributed by atoms with van der Waals surface area (Å²) in [6.45, 7) is 5.09. The molecule has 0 atom stereocenters. The minimum Gasteiger partial charge on any atom is -0.445 e. The fraction of sp³-hybridized carbons (Fsp3) is 0.529. The molecule has 1 amide bonds. The van der Waals surface area contributed by atoms with Gasteiger partial charge in [-0.25, -0.2) is 4.79 Å². The Morgan fingerprint density at radius 1 is 1.29 bits per heavy atom. The molecule has 1 aromatic rings. The van der Waals surface area contributed by atoms with E-state index in [4.69, 9.17) is 4.74 Å². The molecule has 0 aliphatic carbocycles. The monoisotopic (exact) mass is 291 g/mol. The zero-order valence-corrected chi connectivity index (χ0v) is 13.2. The molecular formula is C17H25NO3. The van der Waals surface area contributed by atoms with Crippen LogP contribution in [0.25, 0.3) is 0 Å². The molecular weight excluding hydrogens is 266 g/mol. The topological polar surface area (TPSA) is 46.6 Å². The van der Waals surface area contributed by atoms with Crippen molar-refractivity contribution in [3.8, 4) is 0 Å². The first kappa shape index (κ1) is 17.2. The average molecular weight is 291 g/mol. The van der Waals surface area contributed by atoms with Crippen LogP contribution in [-0.2, 0) is 16.1 Å². The first-order chi connectivity index (χ1) is 9.94. The van der Waals surface area contributed by atoms with Crippen LogP contribution >= 0.6 is 0 Å². The van der Waals surface area contributed by atoms with Crippen LogP contribution in [0.5, 0.6) is 0 Å². The van der Waals surface area contributed by atoms with Crippen molar-refractivity contribution >= 4 is 12.4 Å². The SMILES string of the molecule is CN(CC(C)(C)CCCC=O)C(=O)OCc1ccccc1. The number of hydrogen-bond donors (Lipinski definition) is 0. The highest BCUT2D eigenvalue weighted by Crippen LogP contribution is 2.24. The summed E-state index contributed by atoms with van der Waals surface area (Å²) in [6.07, 6.45) is 2.95. The van der Waals surface area contributed by atoms with Crippen molar-refractivity contribution in [3.63, 3.8) is 0 Å². The smallest absolute Gasteiger partial charge is 0.409 e. The first-order valence-corrected chi connectivity index (χ1v) is 7.30. The molecule has 0 aromatic heterocycles. The molecule has 0 heterocycles. The third-order valence-electron chi connectivity index (χ3n) is 3.36. The Balaban J connectivity index is 2.37. The minimum absolute atomic E-state index is 0.0243. The van der Waals surface area contributed by atoms with Crippen LogP contribution in [0.3, 0.4) is 0 Å². The molecule has 0 spiro atoms. The summed E-state index contributed by atoms with van der Waals surface area (Å²) in [7, 11) is 1.74. The fourth-order valence-corrected chi connectivity index (χ4v) is 2.28. The van der Waals surface area contributed by atoms with Gasteiger partial charge in [-0.15, -0.1) is 0 Å². The first-order valence-electron chi connectivity index (χ1n) is 7.30. The lowest BCUT2D eigenvalue weighted by molar-refractivity contribution is -0.108. The summed E-state index contributed by atoms with van der Waals surface area (Å²) in [5, 5.41) is 0. The number of rotatable bonds is 8. The van der Waals surface area contributed by atoms with Crippen molar-refractivity contribution in [2.24, 2.45) is 5.41 Å². The van der Waals surface area contributed by atoms with E-state index < -0.39 is 0 Å². The normalized spacial score (nSPS) is 11.0. The van der Waals surface area contributed by atoms with Gasteiger partial charge in [0.05, 0.1) is 0 Å². The number of amides is 1. The Labute approximate surface area is 127 Å². The maximum atomic E-state index is 12.0. The van der Waals surface area contributed by atoms with E-state index in [0.29, 0.717) is 13.0 Å². The van der Waals surface area contributed by atoms with Crippen molar-refractivity contribution in [1.82, 2.24) is 4.90 Å². The Hall–Kier alpha value is -1.84. The van der Waals surface area contributed by atoms with E-state index in [2.05, 4.69) is 13.8 Å². The number of carbonyl (C=O) groups excluding carboxylic acids is 2. The van der Waals surface area contributed by atoms with E-state index in [1.165, 1.54) is 0 Å². The van der Waals surface area contributed by atoms with E-state index in [1.807, 2.05) is 30.3 Å². The molecule has 0 aliphatic rings. The summed E-state index contributed by atoms with van der Waals surface area (Å²) in [5.74, 6) is 0. The van der Waals surface area contributed by atoms with Gasteiger partial charge >= 0.3 is 6.09 Å². The summed E-state index contributed by atoms with van der Waals surface area (Å²) in [5.41, 5.74) is 0.952. The summed E-state index contributed by atoms with van der Waals surface area (Å²) >= 11 is 0. The van der Waals surface area contributed by atoms with Crippen LogP contribution < -0.4 is 0 Å². The molecule has 0 unspecified atom stereocenters. The highest BCUT2D eigenvalue weighted by molar-refractivity contribution is 5.67. The van der Waals surface area contributed by atoms with E-state index >= 15 is 0 Å². The van der Waals surface area contributed by atoms with Gasteiger partial charge in [-0.1, -0.05) is 44.2 Å². The van der Waals surface area contributed by atoms with Crippen LogP contribution in [-0.4, -0.2) is 30.9 Å². The van der Waals surface area contributed by atoms with Gasteiger partial charge in [-0.2, -0.15) is 0 Å². The quantitative estimate of drug-likeness (QED) is 0.542. The van der Waals surface area contributed by atoms with Gasteiger partial charge in [0.1, 0.15) is 12.9 Å². The van der Waals surface area contributed by atoms with E-state index in [1.54, 1.807) is 11.9 Å². The predicted octanol–water partition coefficient (Wildman–Crippen LogP) is 3.65. The molecule has 21 heavy (non-hydrogen) atoms. The molecule has 1 aromatic carbocycles. The number of nitrogens with zero attached hydrogens (tertiary/aromatic N) is 1. The second-order valence-corrected chi connectivity index (χ2v) is 6.12. The molecule has 4 nitrogen and oxygen atoms in total. The molecule has 0 radical (unpaired) electrons. The van der Waals surface area contributed by atoms with E-state index in [9.17, 15) is 9.59 Å². The third-order valence-corrected chi connectivity index (χ3v) is 3.36. The molecule has 0 bridgehead atoms. The maximum absolute atomic E-state index is 12.0. The van der Waals surface area contributed by atoms with Crippen LogP contribution in [0.1, 0.15) is 38.7 Å². The molecule has 4 heteroatoms. The lowest BCUT2D eigenvalue weighted by atomic mass is 9.87. The summed E-state index contributed by atoms with van der Waals surface area (Å²) < 4.78 is 5.29. The highest BCUT2D eigenvalue weighted by Gasteiger charge is 2.23. The van der Waals surface area contributed by atoms with Crippen LogP contribution in [0.4, 0.5) is 4.79 Å². The van der Waals surface area contributed by atoms with Gasteiger partial charge in [-0.3, -0.25) is 0 Å². The number of carbonyl (C=O) groups is 2. The Morgan fingerprint density at radius 2 is 1.95 bits per heavy atom. The second kappa shape index (κ2) is 8.45. The zero-order valence-electron chi connectivity index (χ0n) is 13.2. The predicted molar refractivity (Wildman–Crippen MR) is 83.0 cm³/mol. The largest absolute Gasteiger partial charge is 0.445 e. The van der Waals surface area contributed by atoms with Crippen molar-refractivity contribution in [2.75, 3.05) is 13.6 Å². The molecule has 0 N–H and O–H groups in total. The average Bonchev–Trinajstić information content (AvgIpc) is 2.45. The van der Waals surface area contributed by atoms with Gasteiger partial charge in [0, 0.05) is 20.0 Å². The number of hydrogen-bond acceptors (Lipinski definition) is 3. The lowest BCUT2D eigenvalue weighted by Crippen LogP contribution is -2.36. The number of aldehydes is 1. The van der Waals surface area contributed by atoms with Crippen molar-refractivity contribution in [1.29, 1.82) is 0 Å². The zero-order chi connectivity index (χ0) is 15.7. The van der Waals surface area contributed by atoms with Gasteiger partial charge in [0.15, 0.2) is 0 Å². The molecule has 0 aliphatic heterocycles. The molecule has 0 fully saturated rings. The molecule has 0 saturated carbocycles. The van der Waals surface area contributed by atoms with E-state index in [0.717, 1.165) is 24.7 Å². The lowest BCUT2D eigenvalue weighted by Gasteiger charge is -2.29. The Kier molecular flexibility index (Phi) is 6.92. The standard InChI is InChI=1S/C17H25NO3/c1-17(2,11-7-8-12-19)14-18(3)16(20)21-13-15-9-5-4-6-10-15/h4-6,9-10,12H,7-8,11,13-14H2,1-3H3. The second-order valence-electron chi connectivity index (χ2n) is 6.12. The van der Waals surface area contributed by atoms with E-state index in [-0.39, 0.29) is 18.1 Å². The van der Waals surface area contributed by atoms with Gasteiger partial charge in [-0.05, 0) is 23.8 Å². The van der Waals surface area contributed by atoms with Gasteiger partial charge in [0.25, 0.3) is 0 Å². The van der Waals surface area contributed by atoms with Crippen LogP contribution in [0, 0.1) is 5.41 Å². The minimum atomic E-state index is -0.317. The third kappa shape index (κ3) is 6.93. The fourth-order valence-electron chi connectivity index (χ4n) is 2.28. The molecule has 1 rings (SSSR count).